The Morgan fingerprint density at radius 2 is 2.07 bits per heavy atom. The molecule has 0 N–H and O–H groups in total. The van der Waals surface area contributed by atoms with Gasteiger partial charge in [-0.05, 0) is 41.5 Å². The van der Waals surface area contributed by atoms with E-state index in [1.807, 2.05) is 12.3 Å². The molecular formula is C9H7ClO2S2. The molecule has 74 valence electrons. The summed E-state index contributed by atoms with van der Waals surface area (Å²) in [5.74, 6) is 0. The average Bonchev–Trinajstić information content (AvgIpc) is 2.46. The maximum Gasteiger partial charge on any atom is 0.261 e. The van der Waals surface area contributed by atoms with Gasteiger partial charge >= 0.3 is 0 Å². The number of benzene rings is 1. The first-order valence-corrected chi connectivity index (χ1v) is 7.10. The molecule has 0 radical (unpaired) electrons. The Kier molecular flexibility index (Phi) is 2.29. The molecule has 0 saturated heterocycles. The van der Waals surface area contributed by atoms with Crippen LogP contribution in [0.3, 0.4) is 0 Å². The van der Waals surface area contributed by atoms with E-state index in [4.69, 9.17) is 10.7 Å². The number of rotatable bonds is 1. The number of halogens is 1. The molecule has 1 aromatic heterocycles. The fourth-order valence-electron chi connectivity index (χ4n) is 1.29. The molecule has 0 atom stereocenters. The predicted molar refractivity (Wildman–Crippen MR) is 59.6 cm³/mol. The fraction of sp³-hybridized carbons (Fsp3) is 0.111. The minimum Gasteiger partial charge on any atom is -0.207 e. The molecule has 5 heteroatoms. The highest BCUT2D eigenvalue weighted by atomic mass is 35.7. The van der Waals surface area contributed by atoms with Crippen LogP contribution in [0, 0.1) is 6.92 Å². The number of fused-ring (bicyclic) bond motifs is 1. The molecule has 0 amide bonds. The molecule has 0 aliphatic heterocycles. The molecule has 0 bridgehead atoms. The van der Waals surface area contributed by atoms with E-state index in [9.17, 15) is 8.42 Å². The highest BCUT2D eigenvalue weighted by molar-refractivity contribution is 8.13. The smallest absolute Gasteiger partial charge is 0.207 e. The lowest BCUT2D eigenvalue weighted by atomic mass is 10.2. The van der Waals surface area contributed by atoms with Gasteiger partial charge in [0, 0.05) is 15.4 Å². The number of aryl methyl sites for hydroxylation is 1. The summed E-state index contributed by atoms with van der Waals surface area (Å²) >= 11 is 1.60. The van der Waals surface area contributed by atoms with Gasteiger partial charge in [-0.15, -0.1) is 11.3 Å². The Morgan fingerprint density at radius 1 is 1.36 bits per heavy atom. The Hall–Kier alpha value is -0.580. The van der Waals surface area contributed by atoms with Crippen molar-refractivity contribution < 1.29 is 8.42 Å². The van der Waals surface area contributed by atoms with Crippen LogP contribution in [0.15, 0.2) is 28.5 Å². The van der Waals surface area contributed by atoms with Gasteiger partial charge < -0.3 is 0 Å². The zero-order chi connectivity index (χ0) is 10.3. The van der Waals surface area contributed by atoms with E-state index in [1.54, 1.807) is 23.5 Å². The lowest BCUT2D eigenvalue weighted by Crippen LogP contribution is -1.89. The van der Waals surface area contributed by atoms with Crippen molar-refractivity contribution in [1.82, 2.24) is 0 Å². The van der Waals surface area contributed by atoms with Crippen LogP contribution in [0.4, 0.5) is 0 Å². The summed E-state index contributed by atoms with van der Waals surface area (Å²) in [6.45, 7) is 1.95. The number of thiophene rings is 1. The predicted octanol–water partition coefficient (Wildman–Crippen LogP) is 3.14. The highest BCUT2D eigenvalue weighted by Gasteiger charge is 2.11. The second-order valence-electron chi connectivity index (χ2n) is 3.01. The number of hydrogen-bond acceptors (Lipinski definition) is 3. The molecule has 0 aliphatic rings. The monoisotopic (exact) mass is 246 g/mol. The second kappa shape index (κ2) is 3.22. The molecule has 0 fully saturated rings. The fourth-order valence-corrected chi connectivity index (χ4v) is 2.99. The summed E-state index contributed by atoms with van der Waals surface area (Å²) < 4.78 is 23.2. The van der Waals surface area contributed by atoms with Crippen LogP contribution in [0.5, 0.6) is 0 Å². The lowest BCUT2D eigenvalue weighted by Gasteiger charge is -1.96. The van der Waals surface area contributed by atoms with Crippen LogP contribution in [-0.4, -0.2) is 8.42 Å². The largest absolute Gasteiger partial charge is 0.261 e. The van der Waals surface area contributed by atoms with Crippen molar-refractivity contribution >= 4 is 41.2 Å². The summed E-state index contributed by atoms with van der Waals surface area (Å²) in [5.41, 5.74) is 1.08. The molecule has 2 nitrogen and oxygen atoms in total. The van der Waals surface area contributed by atoms with E-state index in [0.717, 1.165) is 15.6 Å². The second-order valence-corrected chi connectivity index (χ2v) is 6.49. The maximum absolute atomic E-state index is 11.1. The molecule has 0 spiro atoms. The van der Waals surface area contributed by atoms with E-state index < -0.39 is 9.05 Å². The summed E-state index contributed by atoms with van der Waals surface area (Å²) in [4.78, 5) is 0.160. The topological polar surface area (TPSA) is 34.1 Å². The Balaban J connectivity index is 2.79. The Labute approximate surface area is 90.6 Å². The summed E-state index contributed by atoms with van der Waals surface area (Å²) in [5, 5.41) is 2.95. The molecule has 1 aromatic carbocycles. The van der Waals surface area contributed by atoms with E-state index in [1.165, 1.54) is 6.07 Å². The van der Waals surface area contributed by atoms with Crippen LogP contribution in [-0.2, 0) is 9.05 Å². The number of hydrogen-bond donors (Lipinski definition) is 0. The van der Waals surface area contributed by atoms with Crippen molar-refractivity contribution in [2.75, 3.05) is 0 Å². The SMILES string of the molecule is Cc1csc2ccc(S(=O)(=O)Cl)cc12. The van der Waals surface area contributed by atoms with Gasteiger partial charge in [0.25, 0.3) is 9.05 Å². The average molecular weight is 247 g/mol. The van der Waals surface area contributed by atoms with E-state index in [-0.39, 0.29) is 4.90 Å². The highest BCUT2D eigenvalue weighted by Crippen LogP contribution is 2.28. The Morgan fingerprint density at radius 3 is 2.71 bits per heavy atom. The van der Waals surface area contributed by atoms with Gasteiger partial charge in [-0.3, -0.25) is 0 Å². The zero-order valence-electron chi connectivity index (χ0n) is 7.32. The van der Waals surface area contributed by atoms with Crippen LogP contribution in [0.25, 0.3) is 10.1 Å². The van der Waals surface area contributed by atoms with Crippen molar-refractivity contribution in [3.63, 3.8) is 0 Å². The van der Waals surface area contributed by atoms with E-state index in [2.05, 4.69) is 0 Å². The van der Waals surface area contributed by atoms with Gasteiger partial charge in [0.1, 0.15) is 0 Å². The molecule has 1 heterocycles. The van der Waals surface area contributed by atoms with Gasteiger partial charge in [0.05, 0.1) is 4.90 Å². The van der Waals surface area contributed by atoms with Gasteiger partial charge in [-0.2, -0.15) is 0 Å². The first-order valence-electron chi connectivity index (χ1n) is 3.91. The van der Waals surface area contributed by atoms with E-state index in [0.29, 0.717) is 0 Å². The molecule has 0 saturated carbocycles. The first kappa shape index (κ1) is 9.96. The van der Waals surface area contributed by atoms with Crippen molar-refractivity contribution in [3.05, 3.63) is 29.1 Å². The van der Waals surface area contributed by atoms with Crippen LogP contribution in [0.1, 0.15) is 5.56 Å². The Bertz CT molecular complexity index is 584. The minimum atomic E-state index is -3.61. The molecule has 14 heavy (non-hydrogen) atoms. The quantitative estimate of drug-likeness (QED) is 0.725. The summed E-state index contributed by atoms with van der Waals surface area (Å²) in [7, 11) is 1.64. The van der Waals surface area contributed by atoms with Crippen molar-refractivity contribution in [3.8, 4) is 0 Å². The molecule has 2 rings (SSSR count). The summed E-state index contributed by atoms with van der Waals surface area (Å²) in [6, 6.07) is 4.92. The minimum absolute atomic E-state index is 0.160. The van der Waals surface area contributed by atoms with Crippen molar-refractivity contribution in [1.29, 1.82) is 0 Å². The first-order chi connectivity index (χ1) is 6.48. The lowest BCUT2D eigenvalue weighted by molar-refractivity contribution is 0.609. The normalized spacial score (nSPS) is 12.1. The van der Waals surface area contributed by atoms with Gasteiger partial charge in [0.2, 0.25) is 0 Å². The van der Waals surface area contributed by atoms with Gasteiger partial charge in [-0.25, -0.2) is 8.42 Å². The van der Waals surface area contributed by atoms with Crippen LogP contribution >= 0.6 is 22.0 Å². The third kappa shape index (κ3) is 1.65. The van der Waals surface area contributed by atoms with Crippen molar-refractivity contribution in [2.45, 2.75) is 11.8 Å². The standard InChI is InChI=1S/C9H7ClO2S2/c1-6-5-13-9-3-2-7(4-8(6)9)14(10,11)12/h2-5H,1H3. The third-order valence-corrected chi connectivity index (χ3v) is 4.45. The molecule has 0 unspecified atom stereocenters. The van der Waals surface area contributed by atoms with Gasteiger partial charge in [-0.1, -0.05) is 0 Å². The molecule has 0 aliphatic carbocycles. The van der Waals surface area contributed by atoms with Crippen LogP contribution < -0.4 is 0 Å². The molecule has 2 aromatic rings. The maximum atomic E-state index is 11.1. The van der Waals surface area contributed by atoms with Crippen molar-refractivity contribution in [2.24, 2.45) is 0 Å². The zero-order valence-corrected chi connectivity index (χ0v) is 9.71. The third-order valence-electron chi connectivity index (χ3n) is 2.02. The molecular weight excluding hydrogens is 240 g/mol. The van der Waals surface area contributed by atoms with E-state index >= 15 is 0 Å². The van der Waals surface area contributed by atoms with Gasteiger partial charge in [0.15, 0.2) is 0 Å². The van der Waals surface area contributed by atoms with Crippen LogP contribution in [0.2, 0.25) is 0 Å². The summed E-state index contributed by atoms with van der Waals surface area (Å²) in [6.07, 6.45) is 0.